The summed E-state index contributed by atoms with van der Waals surface area (Å²) in [6.07, 6.45) is 1.59. The molecule has 0 aromatic carbocycles. The van der Waals surface area contributed by atoms with Gasteiger partial charge in [0.05, 0.1) is 23.3 Å². The first-order chi connectivity index (χ1) is 8.10. The molecule has 1 aliphatic rings. The Balaban J connectivity index is 1.90. The zero-order valence-electron chi connectivity index (χ0n) is 9.92. The molecule has 0 amide bonds. The largest absolute Gasteiger partial charge is 0.386 e. The van der Waals surface area contributed by atoms with Gasteiger partial charge in [0.15, 0.2) is 0 Å². The fourth-order valence-electron chi connectivity index (χ4n) is 2.13. The lowest BCUT2D eigenvalue weighted by Gasteiger charge is -2.49. The van der Waals surface area contributed by atoms with Crippen LogP contribution in [-0.4, -0.2) is 33.8 Å². The van der Waals surface area contributed by atoms with Crippen LogP contribution < -0.4 is 4.90 Å². The third kappa shape index (κ3) is 1.61. The fraction of sp³-hybridized carbons (Fsp3) is 0.500. The molecule has 3 heterocycles. The second-order valence-corrected chi connectivity index (χ2v) is 5.86. The molecule has 0 spiro atoms. The summed E-state index contributed by atoms with van der Waals surface area (Å²) < 4.78 is 1.11. The van der Waals surface area contributed by atoms with E-state index in [0.29, 0.717) is 13.1 Å². The molecule has 17 heavy (non-hydrogen) atoms. The molecule has 0 radical (unpaired) electrons. The third-order valence-corrected chi connectivity index (χ3v) is 4.43. The normalized spacial score (nSPS) is 18.7. The number of nitrogens with zero attached hydrogens (tertiary/aromatic N) is 3. The Morgan fingerprint density at radius 3 is 2.88 bits per heavy atom. The van der Waals surface area contributed by atoms with E-state index in [0.717, 1.165) is 16.0 Å². The number of β-amino-alcohol motifs (C(OH)–C–C–N with tert-alkyl or cyclic N) is 1. The molecule has 1 aliphatic heterocycles. The summed E-state index contributed by atoms with van der Waals surface area (Å²) >= 11 is 1.65. The average Bonchev–Trinajstić information content (AvgIpc) is 2.72. The molecule has 0 unspecified atom stereocenters. The number of aliphatic hydroxyl groups is 1. The summed E-state index contributed by atoms with van der Waals surface area (Å²) in [5.74, 6) is 1.23. The Kier molecular flexibility index (Phi) is 2.34. The van der Waals surface area contributed by atoms with Crippen molar-refractivity contribution in [1.82, 2.24) is 9.97 Å². The molecule has 1 fully saturated rings. The highest BCUT2D eigenvalue weighted by Gasteiger charge is 2.44. The first kappa shape index (κ1) is 10.9. The molecule has 0 bridgehead atoms. The molecule has 2 aromatic rings. The number of anilines is 1. The van der Waals surface area contributed by atoms with Crippen LogP contribution in [0.5, 0.6) is 0 Å². The van der Waals surface area contributed by atoms with Crippen molar-refractivity contribution in [2.45, 2.75) is 19.4 Å². The molecule has 4 nitrogen and oxygen atoms in total. The fourth-order valence-corrected chi connectivity index (χ4v) is 2.99. The summed E-state index contributed by atoms with van der Waals surface area (Å²) in [5, 5.41) is 12.3. The second kappa shape index (κ2) is 3.65. The first-order valence-corrected chi connectivity index (χ1v) is 6.64. The minimum absolute atomic E-state index is 0.277. The minimum Gasteiger partial charge on any atom is -0.386 e. The maximum absolute atomic E-state index is 10.3. The van der Waals surface area contributed by atoms with Crippen LogP contribution in [0.1, 0.15) is 13.8 Å². The predicted molar refractivity (Wildman–Crippen MR) is 69.4 cm³/mol. The van der Waals surface area contributed by atoms with Crippen molar-refractivity contribution < 1.29 is 5.11 Å². The number of thiophene rings is 1. The number of fused-ring (bicyclic) bond motifs is 1. The molecular formula is C12H15N3OS. The van der Waals surface area contributed by atoms with E-state index in [1.807, 2.05) is 11.4 Å². The molecule has 1 saturated heterocycles. The van der Waals surface area contributed by atoms with Crippen LogP contribution >= 0.6 is 11.3 Å². The number of hydrogen-bond donors (Lipinski definition) is 1. The zero-order chi connectivity index (χ0) is 12.0. The summed E-state index contributed by atoms with van der Waals surface area (Å²) in [6.45, 7) is 5.43. The Morgan fingerprint density at radius 2 is 2.18 bits per heavy atom. The van der Waals surface area contributed by atoms with Crippen LogP contribution in [-0.2, 0) is 0 Å². The van der Waals surface area contributed by atoms with Gasteiger partial charge in [-0.2, -0.15) is 0 Å². The van der Waals surface area contributed by atoms with Gasteiger partial charge in [-0.3, -0.25) is 0 Å². The van der Waals surface area contributed by atoms with Crippen molar-refractivity contribution in [2.24, 2.45) is 5.92 Å². The van der Waals surface area contributed by atoms with Gasteiger partial charge < -0.3 is 10.0 Å². The van der Waals surface area contributed by atoms with E-state index in [4.69, 9.17) is 0 Å². The summed E-state index contributed by atoms with van der Waals surface area (Å²) in [6, 6.07) is 2.00. The Morgan fingerprint density at radius 1 is 1.41 bits per heavy atom. The van der Waals surface area contributed by atoms with E-state index >= 15 is 0 Å². The van der Waals surface area contributed by atoms with Gasteiger partial charge in [-0.25, -0.2) is 9.97 Å². The van der Waals surface area contributed by atoms with E-state index in [-0.39, 0.29) is 5.92 Å². The lowest BCUT2D eigenvalue weighted by atomic mass is 9.83. The van der Waals surface area contributed by atoms with Gasteiger partial charge >= 0.3 is 0 Å². The topological polar surface area (TPSA) is 49.2 Å². The highest BCUT2D eigenvalue weighted by Crippen LogP contribution is 2.36. The van der Waals surface area contributed by atoms with Crippen LogP contribution in [0, 0.1) is 5.92 Å². The number of hydrogen-bond acceptors (Lipinski definition) is 5. The van der Waals surface area contributed by atoms with Crippen molar-refractivity contribution in [3.63, 3.8) is 0 Å². The van der Waals surface area contributed by atoms with Gasteiger partial charge in [-0.1, -0.05) is 13.8 Å². The molecule has 0 atom stereocenters. The van der Waals surface area contributed by atoms with Crippen molar-refractivity contribution in [3.05, 3.63) is 17.8 Å². The van der Waals surface area contributed by atoms with E-state index in [9.17, 15) is 5.11 Å². The van der Waals surface area contributed by atoms with Gasteiger partial charge in [-0.05, 0) is 17.4 Å². The highest BCUT2D eigenvalue weighted by atomic mass is 32.1. The minimum atomic E-state index is -0.561. The smallest absolute Gasteiger partial charge is 0.150 e. The maximum atomic E-state index is 10.3. The predicted octanol–water partition coefficient (Wildman–Crippen LogP) is 1.90. The van der Waals surface area contributed by atoms with Gasteiger partial charge in [-0.15, -0.1) is 11.3 Å². The number of aromatic nitrogens is 2. The van der Waals surface area contributed by atoms with E-state index < -0.39 is 5.60 Å². The molecule has 5 heteroatoms. The molecule has 0 aliphatic carbocycles. The van der Waals surface area contributed by atoms with Crippen molar-refractivity contribution in [3.8, 4) is 0 Å². The Hall–Kier alpha value is -1.20. The lowest BCUT2D eigenvalue weighted by Crippen LogP contribution is -2.65. The van der Waals surface area contributed by atoms with Crippen molar-refractivity contribution in [1.29, 1.82) is 0 Å². The van der Waals surface area contributed by atoms with Crippen LogP contribution in [0.25, 0.3) is 10.2 Å². The van der Waals surface area contributed by atoms with Gasteiger partial charge in [0.25, 0.3) is 0 Å². The van der Waals surface area contributed by atoms with Gasteiger partial charge in [0, 0.05) is 0 Å². The van der Waals surface area contributed by atoms with Crippen molar-refractivity contribution in [2.75, 3.05) is 18.0 Å². The number of rotatable bonds is 2. The SMILES string of the molecule is CC(C)C1(O)CN(c2ncnc3ccsc23)C1. The quantitative estimate of drug-likeness (QED) is 0.883. The molecule has 0 saturated carbocycles. The standard InChI is InChI=1S/C12H15N3OS/c1-8(2)12(16)5-15(6-12)11-10-9(3-4-17-10)13-7-14-11/h3-4,7-8,16H,5-6H2,1-2H3. The molecule has 2 aromatic heterocycles. The Bertz CT molecular complexity index is 545. The monoisotopic (exact) mass is 249 g/mol. The maximum Gasteiger partial charge on any atom is 0.150 e. The van der Waals surface area contributed by atoms with E-state index in [2.05, 4.69) is 28.7 Å². The molecular weight excluding hydrogens is 234 g/mol. The second-order valence-electron chi connectivity index (χ2n) is 4.95. The first-order valence-electron chi connectivity index (χ1n) is 5.76. The van der Waals surface area contributed by atoms with Crippen LogP contribution in [0.3, 0.4) is 0 Å². The van der Waals surface area contributed by atoms with E-state index in [1.54, 1.807) is 17.7 Å². The average molecular weight is 249 g/mol. The van der Waals surface area contributed by atoms with Crippen LogP contribution in [0.15, 0.2) is 17.8 Å². The molecule has 3 rings (SSSR count). The summed E-state index contributed by atoms with van der Waals surface area (Å²) in [5.41, 5.74) is 0.425. The summed E-state index contributed by atoms with van der Waals surface area (Å²) in [7, 11) is 0. The molecule has 1 N–H and O–H groups in total. The third-order valence-electron chi connectivity index (χ3n) is 3.53. The summed E-state index contributed by atoms with van der Waals surface area (Å²) in [4.78, 5) is 10.7. The lowest BCUT2D eigenvalue weighted by molar-refractivity contribution is -0.0302. The van der Waals surface area contributed by atoms with Gasteiger partial charge in [0.1, 0.15) is 17.7 Å². The Labute approximate surface area is 104 Å². The van der Waals surface area contributed by atoms with Crippen LogP contribution in [0.4, 0.5) is 5.82 Å². The highest BCUT2D eigenvalue weighted by molar-refractivity contribution is 7.17. The zero-order valence-corrected chi connectivity index (χ0v) is 10.7. The van der Waals surface area contributed by atoms with Crippen molar-refractivity contribution >= 4 is 27.4 Å². The molecule has 90 valence electrons. The van der Waals surface area contributed by atoms with Gasteiger partial charge in [0.2, 0.25) is 0 Å². The van der Waals surface area contributed by atoms with Crippen LogP contribution in [0.2, 0.25) is 0 Å². The van der Waals surface area contributed by atoms with E-state index in [1.165, 1.54) is 0 Å².